The number of amides is 2. The van der Waals surface area contributed by atoms with Crippen LogP contribution in [0.2, 0.25) is 5.02 Å². The molecule has 2 amide bonds. The molecule has 3 aromatic rings. The molecule has 2 N–H and O–H groups in total. The van der Waals surface area contributed by atoms with Gasteiger partial charge in [-0.05, 0) is 17.1 Å². The van der Waals surface area contributed by atoms with Crippen LogP contribution in [0.15, 0.2) is 41.1 Å². The van der Waals surface area contributed by atoms with Crippen LogP contribution in [0.4, 0.5) is 5.82 Å². The minimum absolute atomic E-state index is 0.00148. The van der Waals surface area contributed by atoms with Crippen LogP contribution in [0.5, 0.6) is 0 Å². The van der Waals surface area contributed by atoms with Crippen molar-refractivity contribution in [1.29, 1.82) is 0 Å². The molecule has 2 heterocycles. The molecule has 150 valence electrons. The second-order valence-corrected chi connectivity index (χ2v) is 6.04. The van der Waals surface area contributed by atoms with Gasteiger partial charge in [-0.2, -0.15) is 9.67 Å². The third-order valence-electron chi connectivity index (χ3n) is 3.59. The average molecular weight is 420 g/mol. The Morgan fingerprint density at radius 1 is 1.17 bits per heavy atom. The molecule has 29 heavy (non-hydrogen) atoms. The Bertz CT molecular complexity index is 1050. The maximum Gasteiger partial charge on any atom is 0.389 e. The van der Waals surface area contributed by atoms with Crippen molar-refractivity contribution >= 4 is 29.2 Å². The maximum atomic E-state index is 12.0. The zero-order valence-corrected chi connectivity index (χ0v) is 15.5. The maximum absolute atomic E-state index is 12.0. The van der Waals surface area contributed by atoms with Gasteiger partial charge in [0.15, 0.2) is 5.82 Å². The lowest BCUT2D eigenvalue weighted by Gasteiger charge is -2.06. The van der Waals surface area contributed by atoms with E-state index < -0.39 is 10.8 Å². The summed E-state index contributed by atoms with van der Waals surface area (Å²) < 4.78 is 6.11. The number of aromatic nitrogens is 4. The van der Waals surface area contributed by atoms with Gasteiger partial charge in [0.1, 0.15) is 6.54 Å². The van der Waals surface area contributed by atoms with E-state index in [0.29, 0.717) is 10.6 Å². The Labute approximate surface area is 168 Å². The quantitative estimate of drug-likeness (QED) is 0.311. The van der Waals surface area contributed by atoms with Crippen molar-refractivity contribution in [3.63, 3.8) is 0 Å². The molecule has 0 bridgehead atoms. The molecule has 0 aliphatic carbocycles. The first-order valence-electron chi connectivity index (χ1n) is 8.25. The summed E-state index contributed by atoms with van der Waals surface area (Å²) in [5.41, 5.74) is 0.334. The molecule has 0 fully saturated rings. The first-order chi connectivity index (χ1) is 13.9. The van der Waals surface area contributed by atoms with Crippen LogP contribution >= 0.6 is 11.6 Å². The van der Waals surface area contributed by atoms with Gasteiger partial charge in [-0.15, -0.1) is 0 Å². The average Bonchev–Trinajstić information content (AvgIpc) is 3.35. The summed E-state index contributed by atoms with van der Waals surface area (Å²) in [7, 11) is 0. The molecule has 0 aliphatic heterocycles. The van der Waals surface area contributed by atoms with Crippen molar-refractivity contribution in [3.05, 3.63) is 68.9 Å². The number of benzene rings is 1. The van der Waals surface area contributed by atoms with Crippen LogP contribution in [0.1, 0.15) is 26.9 Å². The van der Waals surface area contributed by atoms with E-state index in [1.165, 1.54) is 16.9 Å². The van der Waals surface area contributed by atoms with Gasteiger partial charge < -0.3 is 25.3 Å². The van der Waals surface area contributed by atoms with Gasteiger partial charge in [0.2, 0.25) is 0 Å². The van der Waals surface area contributed by atoms with Gasteiger partial charge in [-0.1, -0.05) is 28.9 Å². The molecule has 13 heteroatoms. The first kappa shape index (κ1) is 19.9. The van der Waals surface area contributed by atoms with Gasteiger partial charge in [0, 0.05) is 13.1 Å². The first-order valence-corrected chi connectivity index (χ1v) is 8.63. The predicted octanol–water partition coefficient (Wildman–Crippen LogP) is 1.04. The number of carbonyl (C=O) groups excluding carboxylic acids is 2. The molecule has 3 rings (SSSR count). The molecule has 12 nitrogen and oxygen atoms in total. The van der Waals surface area contributed by atoms with Crippen molar-refractivity contribution in [2.45, 2.75) is 6.54 Å². The van der Waals surface area contributed by atoms with E-state index in [1.807, 2.05) is 0 Å². The van der Waals surface area contributed by atoms with E-state index in [0.717, 1.165) is 0 Å². The Morgan fingerprint density at radius 3 is 2.59 bits per heavy atom. The third-order valence-corrected chi connectivity index (χ3v) is 3.92. The number of carbonyl (C=O) groups is 2. The molecule has 0 unspecified atom stereocenters. The molecular formula is C16H14ClN7O5. The Hall–Kier alpha value is -3.80. The standard InChI is InChI=1S/C16H14ClN7O5/c17-11-4-2-1-3-10(11)14(25)18-6-7-19-15(26)16-20-12(22-29-16)9-23-8-5-13(21-23)24(27)28/h1-5,8H,6-7,9H2,(H,18,25)(H,19,26). The fourth-order valence-corrected chi connectivity index (χ4v) is 2.48. The number of hydrogen-bond acceptors (Lipinski definition) is 8. The summed E-state index contributed by atoms with van der Waals surface area (Å²) in [5.74, 6) is -1.45. The summed E-state index contributed by atoms with van der Waals surface area (Å²) in [4.78, 5) is 37.9. The summed E-state index contributed by atoms with van der Waals surface area (Å²) in [6.07, 6.45) is 1.38. The van der Waals surface area contributed by atoms with Gasteiger partial charge in [0.05, 0.1) is 27.9 Å². The van der Waals surface area contributed by atoms with Crippen LogP contribution in [0, 0.1) is 10.1 Å². The van der Waals surface area contributed by atoms with Crippen LogP contribution in [-0.4, -0.2) is 49.7 Å². The lowest BCUT2D eigenvalue weighted by atomic mass is 10.2. The van der Waals surface area contributed by atoms with Crippen LogP contribution in [0.25, 0.3) is 0 Å². The SMILES string of the molecule is O=C(NCCNC(=O)c1ccccc1Cl)c1nc(Cn2ccc([N+](=O)[O-])n2)no1. The van der Waals surface area contributed by atoms with Crippen molar-refractivity contribution in [3.8, 4) is 0 Å². The van der Waals surface area contributed by atoms with Crippen molar-refractivity contribution in [2.24, 2.45) is 0 Å². The fraction of sp³-hybridized carbons (Fsp3) is 0.188. The number of halogens is 1. The molecule has 1 aromatic carbocycles. The Morgan fingerprint density at radius 2 is 1.90 bits per heavy atom. The van der Waals surface area contributed by atoms with Crippen molar-refractivity contribution < 1.29 is 19.0 Å². The Kier molecular flexibility index (Phi) is 6.14. The van der Waals surface area contributed by atoms with Crippen molar-refractivity contribution in [2.75, 3.05) is 13.1 Å². The highest BCUT2D eigenvalue weighted by Gasteiger charge is 2.17. The van der Waals surface area contributed by atoms with Crippen molar-refractivity contribution in [1.82, 2.24) is 30.6 Å². The summed E-state index contributed by atoms with van der Waals surface area (Å²) in [5, 5.41) is 23.4. The molecule has 0 aliphatic rings. The zero-order chi connectivity index (χ0) is 20.8. The van der Waals surface area contributed by atoms with E-state index in [4.69, 9.17) is 16.1 Å². The van der Waals surface area contributed by atoms with E-state index >= 15 is 0 Å². The molecule has 0 saturated heterocycles. The van der Waals surface area contributed by atoms with Crippen LogP contribution in [-0.2, 0) is 6.54 Å². The number of nitro groups is 1. The normalized spacial score (nSPS) is 10.5. The fourth-order valence-electron chi connectivity index (χ4n) is 2.26. The summed E-state index contributed by atoms with van der Waals surface area (Å²) in [6, 6.07) is 7.82. The third kappa shape index (κ3) is 5.13. The summed E-state index contributed by atoms with van der Waals surface area (Å²) in [6.45, 7) is 0.282. The summed E-state index contributed by atoms with van der Waals surface area (Å²) >= 11 is 5.94. The molecule has 0 saturated carbocycles. The Balaban J connectivity index is 1.46. The zero-order valence-electron chi connectivity index (χ0n) is 14.7. The highest BCUT2D eigenvalue weighted by molar-refractivity contribution is 6.33. The molecule has 0 atom stereocenters. The lowest BCUT2D eigenvalue weighted by molar-refractivity contribution is -0.389. The van der Waals surface area contributed by atoms with Gasteiger partial charge >= 0.3 is 17.6 Å². The van der Waals surface area contributed by atoms with E-state index in [-0.39, 0.29) is 43.1 Å². The van der Waals surface area contributed by atoms with E-state index in [1.54, 1.807) is 24.3 Å². The minimum atomic E-state index is -0.629. The number of rotatable bonds is 8. The van der Waals surface area contributed by atoms with E-state index in [2.05, 4.69) is 25.9 Å². The monoisotopic (exact) mass is 419 g/mol. The van der Waals surface area contributed by atoms with Gasteiger partial charge in [0.25, 0.3) is 5.91 Å². The van der Waals surface area contributed by atoms with Gasteiger partial charge in [-0.3, -0.25) is 9.59 Å². The van der Waals surface area contributed by atoms with Crippen LogP contribution < -0.4 is 10.6 Å². The topological polar surface area (TPSA) is 158 Å². The second-order valence-electron chi connectivity index (χ2n) is 5.64. The highest BCUT2D eigenvalue weighted by Crippen LogP contribution is 2.14. The molecule has 0 spiro atoms. The molecule has 0 radical (unpaired) electrons. The van der Waals surface area contributed by atoms with Crippen LogP contribution in [0.3, 0.4) is 0 Å². The number of hydrogen-bond donors (Lipinski definition) is 2. The number of nitrogens with one attached hydrogen (secondary N) is 2. The molecule has 2 aromatic heterocycles. The predicted molar refractivity (Wildman–Crippen MR) is 98.4 cm³/mol. The molecular weight excluding hydrogens is 406 g/mol. The number of nitrogens with zero attached hydrogens (tertiary/aromatic N) is 5. The second kappa shape index (κ2) is 8.93. The van der Waals surface area contributed by atoms with E-state index in [9.17, 15) is 19.7 Å². The lowest BCUT2D eigenvalue weighted by Crippen LogP contribution is -2.34. The minimum Gasteiger partial charge on any atom is -0.358 e. The van der Waals surface area contributed by atoms with Gasteiger partial charge in [-0.25, -0.2) is 0 Å². The highest BCUT2D eigenvalue weighted by atomic mass is 35.5. The largest absolute Gasteiger partial charge is 0.389 e. The smallest absolute Gasteiger partial charge is 0.358 e.